The summed E-state index contributed by atoms with van der Waals surface area (Å²) >= 11 is 6.89. The number of hydrogen-bond donors (Lipinski definition) is 3. The molecular weight excluding hydrogens is 264 g/mol. The molecule has 1 atom stereocenters. The van der Waals surface area contributed by atoms with E-state index >= 15 is 0 Å². The summed E-state index contributed by atoms with van der Waals surface area (Å²) in [5.74, 6) is 1.66. The van der Waals surface area contributed by atoms with Crippen molar-refractivity contribution in [3.63, 3.8) is 0 Å². The van der Waals surface area contributed by atoms with Crippen molar-refractivity contribution in [2.45, 2.75) is 19.4 Å². The predicted molar refractivity (Wildman–Crippen MR) is 69.4 cm³/mol. The molecule has 6 nitrogen and oxygen atoms in total. The summed E-state index contributed by atoms with van der Waals surface area (Å²) < 4.78 is 0. The second kappa shape index (κ2) is 6.11. The Balaban J connectivity index is 2.27. The van der Waals surface area contributed by atoms with E-state index in [2.05, 4.69) is 20.5 Å². The van der Waals surface area contributed by atoms with Gasteiger partial charge in [0.1, 0.15) is 11.4 Å². The first kappa shape index (κ1) is 14.1. The average Bonchev–Trinajstić information content (AvgIpc) is 2.52. The van der Waals surface area contributed by atoms with Gasteiger partial charge in [0.25, 0.3) is 5.91 Å². The zero-order valence-corrected chi connectivity index (χ0v) is 11.2. The minimum atomic E-state index is -0.814. The third-order valence-electron chi connectivity index (χ3n) is 2.23. The number of nitrogens with zero attached hydrogens (tertiary/aromatic N) is 1. The maximum atomic E-state index is 11.5. The fourth-order valence-electron chi connectivity index (χ4n) is 1.27. The van der Waals surface area contributed by atoms with Crippen LogP contribution < -0.4 is 15.5 Å². The largest absolute Gasteiger partial charge is 0.323 e. The zero-order valence-electron chi connectivity index (χ0n) is 9.67. The van der Waals surface area contributed by atoms with E-state index in [0.29, 0.717) is 18.1 Å². The van der Waals surface area contributed by atoms with Gasteiger partial charge >= 0.3 is 6.03 Å². The zero-order chi connectivity index (χ0) is 12.9. The van der Waals surface area contributed by atoms with Crippen LogP contribution in [0.2, 0.25) is 0 Å². The normalized spacial score (nSPS) is 24.5. The van der Waals surface area contributed by atoms with Crippen LogP contribution in [0.1, 0.15) is 13.8 Å². The van der Waals surface area contributed by atoms with Gasteiger partial charge in [0, 0.05) is 23.3 Å². The molecule has 0 aliphatic carbocycles. The van der Waals surface area contributed by atoms with Crippen molar-refractivity contribution < 1.29 is 9.59 Å². The van der Waals surface area contributed by atoms with Gasteiger partial charge in [-0.25, -0.2) is 4.79 Å². The molecule has 3 amide bonds. The number of amides is 3. The van der Waals surface area contributed by atoms with Crippen LogP contribution in [-0.2, 0) is 4.79 Å². The highest BCUT2D eigenvalue weighted by molar-refractivity contribution is 7.99. The van der Waals surface area contributed by atoms with E-state index in [0.717, 1.165) is 5.75 Å². The lowest BCUT2D eigenvalue weighted by Crippen LogP contribution is -2.46. The van der Waals surface area contributed by atoms with Crippen molar-refractivity contribution in [3.8, 4) is 0 Å². The summed E-state index contributed by atoms with van der Waals surface area (Å²) in [5.41, 5.74) is -0.814. The Morgan fingerprint density at radius 1 is 1.59 bits per heavy atom. The number of carbonyl (C=O) groups excluding carboxylic acids is 2. The fraction of sp³-hybridized carbons (Fsp3) is 0.667. The quantitative estimate of drug-likeness (QED) is 0.225. The summed E-state index contributed by atoms with van der Waals surface area (Å²) in [7, 11) is 0. The van der Waals surface area contributed by atoms with Gasteiger partial charge in [-0.1, -0.05) is 0 Å². The number of thioether (sulfide) groups is 1. The Bertz CT molecular complexity index is 350. The molecule has 0 spiro atoms. The molecule has 1 aliphatic heterocycles. The second-order valence-electron chi connectivity index (χ2n) is 3.85. The van der Waals surface area contributed by atoms with E-state index in [1.165, 1.54) is 0 Å². The van der Waals surface area contributed by atoms with Gasteiger partial charge in [0.2, 0.25) is 0 Å². The maximum Gasteiger partial charge on any atom is 0.322 e. The molecule has 0 aromatic carbocycles. The molecule has 0 bridgehead atoms. The molecule has 0 aromatic rings. The van der Waals surface area contributed by atoms with E-state index in [4.69, 9.17) is 11.8 Å². The van der Waals surface area contributed by atoms with Crippen molar-refractivity contribution in [3.05, 3.63) is 0 Å². The number of carbonyl (C=O) groups is 2. The molecular formula is C9H15ClN4O2S. The number of halogens is 1. The summed E-state index contributed by atoms with van der Waals surface area (Å²) in [5, 5.41) is 4.82. The Hall–Kier alpha value is -0.950. The van der Waals surface area contributed by atoms with Crippen LogP contribution in [0.25, 0.3) is 0 Å². The fourth-order valence-corrected chi connectivity index (χ4v) is 2.30. The summed E-state index contributed by atoms with van der Waals surface area (Å²) in [6.07, 6.45) is 0. The van der Waals surface area contributed by atoms with E-state index < -0.39 is 11.6 Å². The third-order valence-corrected chi connectivity index (χ3v) is 3.76. The molecule has 1 fully saturated rings. The smallest absolute Gasteiger partial charge is 0.322 e. The number of hydrogen-bond acceptors (Lipinski definition) is 4. The van der Waals surface area contributed by atoms with E-state index in [1.54, 1.807) is 25.6 Å². The third kappa shape index (κ3) is 4.08. The van der Waals surface area contributed by atoms with Crippen LogP contribution in [0.3, 0.4) is 0 Å². The molecule has 17 heavy (non-hydrogen) atoms. The van der Waals surface area contributed by atoms with Crippen LogP contribution in [0.4, 0.5) is 4.79 Å². The van der Waals surface area contributed by atoms with Crippen LogP contribution in [0.15, 0.2) is 4.99 Å². The Morgan fingerprint density at radius 3 is 2.82 bits per heavy atom. The molecule has 3 N–H and O–H groups in total. The lowest BCUT2D eigenvalue weighted by molar-refractivity contribution is -0.122. The van der Waals surface area contributed by atoms with Gasteiger partial charge in [0.05, 0.1) is 6.54 Å². The minimum Gasteiger partial charge on any atom is -0.323 e. The van der Waals surface area contributed by atoms with Gasteiger partial charge < -0.3 is 5.32 Å². The number of imide groups is 1. The van der Waals surface area contributed by atoms with Crippen LogP contribution >= 0.6 is 23.5 Å². The van der Waals surface area contributed by atoms with Gasteiger partial charge in [-0.15, -0.1) is 0 Å². The molecule has 1 heterocycles. The van der Waals surface area contributed by atoms with E-state index in [1.807, 2.05) is 0 Å². The number of aliphatic imine (C=N–C) groups is 1. The number of urea groups is 1. The van der Waals surface area contributed by atoms with Crippen molar-refractivity contribution in [2.24, 2.45) is 4.99 Å². The summed E-state index contributed by atoms with van der Waals surface area (Å²) in [6.45, 7) is 4.08. The standard InChI is InChI=1S/C9H15ClN4O2S/c1-6(14-10)11-3-4-17-5-9(2)7(15)12-8(16)13-9/h3-5H2,1-2H3,(H,11,14)(H2,12,13,15,16)/t9-/m1/s1. The van der Waals surface area contributed by atoms with Gasteiger partial charge in [-0.2, -0.15) is 11.8 Å². The lowest BCUT2D eigenvalue weighted by Gasteiger charge is -2.19. The number of rotatable bonds is 5. The molecule has 0 aromatic heterocycles. The van der Waals surface area contributed by atoms with Crippen LogP contribution in [-0.4, -0.2) is 41.4 Å². The first-order valence-corrected chi connectivity index (χ1v) is 6.60. The molecule has 96 valence electrons. The van der Waals surface area contributed by atoms with Crippen molar-refractivity contribution in [2.75, 3.05) is 18.1 Å². The van der Waals surface area contributed by atoms with Crippen molar-refractivity contribution in [1.82, 2.24) is 15.5 Å². The minimum absolute atomic E-state index is 0.280. The average molecular weight is 279 g/mol. The highest BCUT2D eigenvalue weighted by atomic mass is 35.5. The van der Waals surface area contributed by atoms with E-state index in [-0.39, 0.29) is 5.91 Å². The topological polar surface area (TPSA) is 82.6 Å². The second-order valence-corrected chi connectivity index (χ2v) is 5.15. The molecule has 1 rings (SSSR count). The highest BCUT2D eigenvalue weighted by Gasteiger charge is 2.41. The van der Waals surface area contributed by atoms with Crippen LogP contribution in [0, 0.1) is 0 Å². The SMILES string of the molecule is CC(=NCCSC[C@@]1(C)NC(=O)NC1=O)NCl. The highest BCUT2D eigenvalue weighted by Crippen LogP contribution is 2.16. The number of nitrogens with one attached hydrogen (secondary N) is 3. The van der Waals surface area contributed by atoms with E-state index in [9.17, 15) is 9.59 Å². The first-order chi connectivity index (χ1) is 7.98. The predicted octanol–water partition coefficient (Wildman–Crippen LogP) is 0.480. The number of amidine groups is 1. The van der Waals surface area contributed by atoms with Crippen molar-refractivity contribution >= 4 is 41.3 Å². The molecule has 1 saturated heterocycles. The Labute approximate surface area is 109 Å². The molecule has 0 saturated carbocycles. The van der Waals surface area contributed by atoms with Gasteiger partial charge in [-0.05, 0) is 13.8 Å². The molecule has 0 unspecified atom stereocenters. The monoisotopic (exact) mass is 278 g/mol. The summed E-state index contributed by atoms with van der Waals surface area (Å²) in [6, 6.07) is -0.432. The lowest BCUT2D eigenvalue weighted by atomic mass is 10.1. The molecule has 1 aliphatic rings. The molecule has 8 heteroatoms. The van der Waals surface area contributed by atoms with Gasteiger partial charge in [-0.3, -0.25) is 19.9 Å². The summed E-state index contributed by atoms with van der Waals surface area (Å²) in [4.78, 5) is 29.0. The van der Waals surface area contributed by atoms with Crippen LogP contribution in [0.5, 0.6) is 0 Å². The molecule has 0 radical (unpaired) electrons. The Morgan fingerprint density at radius 2 is 2.29 bits per heavy atom. The Kier molecular flexibility index (Phi) is 5.07. The first-order valence-electron chi connectivity index (χ1n) is 5.07. The maximum absolute atomic E-state index is 11.5. The van der Waals surface area contributed by atoms with Crippen molar-refractivity contribution in [1.29, 1.82) is 0 Å². The van der Waals surface area contributed by atoms with Gasteiger partial charge in [0.15, 0.2) is 0 Å².